The van der Waals surface area contributed by atoms with Gasteiger partial charge in [-0.2, -0.15) is 0 Å². The van der Waals surface area contributed by atoms with E-state index in [1.54, 1.807) is 0 Å². The van der Waals surface area contributed by atoms with Gasteiger partial charge in [0, 0.05) is 19.1 Å². The number of likely N-dealkylation sites (tertiary alicyclic amines) is 1. The van der Waals surface area contributed by atoms with Crippen molar-refractivity contribution < 1.29 is 19.4 Å². The molecule has 1 saturated heterocycles. The van der Waals surface area contributed by atoms with Crippen LogP contribution in [0.25, 0.3) is 0 Å². The van der Waals surface area contributed by atoms with E-state index in [0.717, 1.165) is 25.8 Å². The maximum Gasteiger partial charge on any atom is 0.407 e. The number of rotatable bonds is 4. The van der Waals surface area contributed by atoms with Gasteiger partial charge in [-0.25, -0.2) is 4.79 Å². The van der Waals surface area contributed by atoms with E-state index in [1.807, 2.05) is 20.8 Å². The van der Waals surface area contributed by atoms with E-state index in [0.29, 0.717) is 12.5 Å². The Bertz CT molecular complexity index is 521. The number of carboxylic acid groups (broad SMARTS) is 1. The molecule has 2 fully saturated rings. The SMILES string of the molecule is CC(C)(C)OC(=O)N[C@H](CN1C[C@@H]2CCCC[C@@H]2[C@H]1C(=O)O)C(C)(C)C. The van der Waals surface area contributed by atoms with Crippen LogP contribution in [0, 0.1) is 17.3 Å². The number of alkyl carbamates (subject to hydrolysis) is 1. The number of ether oxygens (including phenoxy) is 1. The number of carboxylic acids is 1. The van der Waals surface area contributed by atoms with Crippen molar-refractivity contribution in [1.82, 2.24) is 10.2 Å². The molecular weight excluding hydrogens is 332 g/mol. The summed E-state index contributed by atoms with van der Waals surface area (Å²) in [4.78, 5) is 26.3. The third kappa shape index (κ3) is 5.35. The Morgan fingerprint density at radius 1 is 1.15 bits per heavy atom. The number of nitrogens with one attached hydrogen (secondary N) is 1. The Labute approximate surface area is 157 Å². The van der Waals surface area contributed by atoms with Gasteiger partial charge >= 0.3 is 12.1 Å². The number of nitrogens with zero attached hydrogens (tertiary/aromatic N) is 1. The average Bonchev–Trinajstić information content (AvgIpc) is 2.81. The van der Waals surface area contributed by atoms with Crippen molar-refractivity contribution in [3.8, 4) is 0 Å². The molecule has 6 heteroatoms. The first-order valence-electron chi connectivity index (χ1n) is 9.85. The molecule has 0 bridgehead atoms. The molecule has 1 heterocycles. The lowest BCUT2D eigenvalue weighted by molar-refractivity contribution is -0.144. The van der Waals surface area contributed by atoms with Gasteiger partial charge in [0.1, 0.15) is 11.6 Å². The van der Waals surface area contributed by atoms with E-state index in [9.17, 15) is 14.7 Å². The number of amides is 1. The van der Waals surface area contributed by atoms with Crippen molar-refractivity contribution >= 4 is 12.1 Å². The van der Waals surface area contributed by atoms with Crippen LogP contribution in [0.4, 0.5) is 4.79 Å². The lowest BCUT2D eigenvalue weighted by Crippen LogP contribution is -2.54. The van der Waals surface area contributed by atoms with Crippen molar-refractivity contribution in [2.75, 3.05) is 13.1 Å². The summed E-state index contributed by atoms with van der Waals surface area (Å²) in [6.07, 6.45) is 3.99. The maximum absolute atomic E-state index is 12.3. The Morgan fingerprint density at radius 3 is 2.31 bits per heavy atom. The van der Waals surface area contributed by atoms with Gasteiger partial charge in [-0.15, -0.1) is 0 Å². The topological polar surface area (TPSA) is 78.9 Å². The first-order chi connectivity index (χ1) is 11.9. The Kier molecular flexibility index (Phi) is 6.26. The Balaban J connectivity index is 2.11. The summed E-state index contributed by atoms with van der Waals surface area (Å²) in [6, 6.07) is -0.620. The largest absolute Gasteiger partial charge is 0.480 e. The molecule has 1 aliphatic heterocycles. The van der Waals surface area contributed by atoms with Crippen LogP contribution in [0.3, 0.4) is 0 Å². The lowest BCUT2D eigenvalue weighted by Gasteiger charge is -2.36. The minimum Gasteiger partial charge on any atom is -0.480 e. The lowest BCUT2D eigenvalue weighted by atomic mass is 9.78. The summed E-state index contributed by atoms with van der Waals surface area (Å²) in [6.45, 7) is 13.0. The quantitative estimate of drug-likeness (QED) is 0.794. The van der Waals surface area contributed by atoms with Gasteiger partial charge in [0.25, 0.3) is 0 Å². The van der Waals surface area contributed by atoms with Crippen molar-refractivity contribution in [1.29, 1.82) is 0 Å². The van der Waals surface area contributed by atoms with Gasteiger partial charge in [0.2, 0.25) is 0 Å². The molecule has 0 aromatic carbocycles. The molecule has 26 heavy (non-hydrogen) atoms. The second-order valence-corrected chi connectivity index (χ2v) is 10.0. The summed E-state index contributed by atoms with van der Waals surface area (Å²) in [5.41, 5.74) is -0.758. The molecule has 0 aromatic heterocycles. The molecule has 0 aromatic rings. The third-order valence-corrected chi connectivity index (χ3v) is 5.64. The van der Waals surface area contributed by atoms with Crippen LogP contribution in [0.1, 0.15) is 67.2 Å². The zero-order valence-electron chi connectivity index (χ0n) is 17.2. The summed E-state index contributed by atoms with van der Waals surface area (Å²) < 4.78 is 5.41. The van der Waals surface area contributed by atoms with E-state index < -0.39 is 23.7 Å². The predicted molar refractivity (Wildman–Crippen MR) is 101 cm³/mol. The highest BCUT2D eigenvalue weighted by Crippen LogP contribution is 2.41. The summed E-state index contributed by atoms with van der Waals surface area (Å²) >= 11 is 0. The van der Waals surface area contributed by atoms with E-state index in [2.05, 4.69) is 31.0 Å². The summed E-state index contributed by atoms with van der Waals surface area (Å²) in [5, 5.41) is 12.8. The minimum atomic E-state index is -0.732. The first-order valence-corrected chi connectivity index (χ1v) is 9.85. The van der Waals surface area contributed by atoms with Crippen LogP contribution in [-0.4, -0.2) is 52.8 Å². The van der Waals surface area contributed by atoms with Gasteiger partial charge in [0.05, 0.1) is 0 Å². The Morgan fingerprint density at radius 2 is 1.77 bits per heavy atom. The predicted octanol–water partition coefficient (Wildman–Crippen LogP) is 3.50. The van der Waals surface area contributed by atoms with Crippen LogP contribution in [0.2, 0.25) is 0 Å². The molecule has 6 nitrogen and oxygen atoms in total. The van der Waals surface area contributed by atoms with Crippen molar-refractivity contribution in [2.45, 2.75) is 84.9 Å². The van der Waals surface area contributed by atoms with Crippen molar-refractivity contribution in [2.24, 2.45) is 17.3 Å². The van der Waals surface area contributed by atoms with Crippen molar-refractivity contribution in [3.63, 3.8) is 0 Å². The maximum atomic E-state index is 12.3. The standard InChI is InChI=1S/C20H36N2O4/c1-19(2,3)15(21-18(25)26-20(4,5)6)12-22-11-13-9-7-8-10-14(13)16(22)17(23)24/h13-16H,7-12H2,1-6H3,(H,21,25)(H,23,24)/t13-,14-,15+,16-/m0/s1. The smallest absolute Gasteiger partial charge is 0.407 e. The molecule has 0 unspecified atom stereocenters. The monoisotopic (exact) mass is 368 g/mol. The number of carbonyl (C=O) groups excluding carboxylic acids is 1. The van der Waals surface area contributed by atoms with Crippen LogP contribution in [0.5, 0.6) is 0 Å². The number of hydrogen-bond acceptors (Lipinski definition) is 4. The molecule has 2 N–H and O–H groups in total. The zero-order valence-corrected chi connectivity index (χ0v) is 17.2. The van der Waals surface area contributed by atoms with Crippen LogP contribution < -0.4 is 5.32 Å². The number of aliphatic carboxylic acids is 1. The fourth-order valence-corrected chi connectivity index (χ4v) is 4.31. The molecule has 2 aliphatic rings. The number of hydrogen-bond donors (Lipinski definition) is 2. The minimum absolute atomic E-state index is 0.181. The highest BCUT2D eigenvalue weighted by molar-refractivity contribution is 5.74. The van der Waals surface area contributed by atoms with Gasteiger partial charge < -0.3 is 15.2 Å². The molecule has 4 atom stereocenters. The molecule has 1 aliphatic carbocycles. The third-order valence-electron chi connectivity index (χ3n) is 5.64. The van der Waals surface area contributed by atoms with Gasteiger partial charge in [-0.05, 0) is 50.9 Å². The zero-order chi connectivity index (χ0) is 19.7. The van der Waals surface area contributed by atoms with E-state index in [1.165, 1.54) is 6.42 Å². The fourth-order valence-electron chi connectivity index (χ4n) is 4.31. The van der Waals surface area contributed by atoms with Gasteiger partial charge in [-0.1, -0.05) is 33.6 Å². The molecule has 150 valence electrons. The normalized spacial score (nSPS) is 28.3. The fraction of sp³-hybridized carbons (Fsp3) is 0.900. The van der Waals surface area contributed by atoms with Crippen LogP contribution in [-0.2, 0) is 9.53 Å². The molecule has 2 rings (SSSR count). The second-order valence-electron chi connectivity index (χ2n) is 10.0. The molecular formula is C20H36N2O4. The first kappa shape index (κ1) is 21.0. The van der Waals surface area contributed by atoms with Gasteiger partial charge in [-0.3, -0.25) is 9.69 Å². The molecule has 0 radical (unpaired) electrons. The summed E-state index contributed by atoms with van der Waals surface area (Å²) in [7, 11) is 0. The molecule has 1 amide bonds. The highest BCUT2D eigenvalue weighted by Gasteiger charge is 2.47. The average molecular weight is 369 g/mol. The second kappa shape index (κ2) is 7.75. The van der Waals surface area contributed by atoms with Crippen LogP contribution >= 0.6 is 0 Å². The van der Waals surface area contributed by atoms with E-state index >= 15 is 0 Å². The number of fused-ring (bicyclic) bond motifs is 1. The van der Waals surface area contributed by atoms with Crippen molar-refractivity contribution in [3.05, 3.63) is 0 Å². The summed E-state index contributed by atoms with van der Waals surface area (Å²) in [5.74, 6) is -0.0280. The van der Waals surface area contributed by atoms with E-state index in [-0.39, 0.29) is 17.4 Å². The van der Waals surface area contributed by atoms with E-state index in [4.69, 9.17) is 4.74 Å². The number of carbonyl (C=O) groups is 2. The Hall–Kier alpha value is -1.30. The van der Waals surface area contributed by atoms with Gasteiger partial charge in [0.15, 0.2) is 0 Å². The highest BCUT2D eigenvalue weighted by atomic mass is 16.6. The molecule has 1 saturated carbocycles. The molecule has 0 spiro atoms. The van der Waals surface area contributed by atoms with Crippen LogP contribution in [0.15, 0.2) is 0 Å².